The van der Waals surface area contributed by atoms with E-state index in [4.69, 9.17) is 4.74 Å². The molecule has 18 heavy (non-hydrogen) atoms. The van der Waals surface area contributed by atoms with Gasteiger partial charge in [0.2, 0.25) is 0 Å². The van der Waals surface area contributed by atoms with Crippen molar-refractivity contribution in [3.8, 4) is 5.75 Å². The number of ether oxygens (including phenoxy) is 1. The van der Waals surface area contributed by atoms with Crippen LogP contribution >= 0.6 is 23.7 Å². The Bertz CT molecular complexity index is 390. The largest absolute Gasteiger partial charge is 0.496 e. The Morgan fingerprint density at radius 3 is 3.11 bits per heavy atom. The van der Waals surface area contributed by atoms with Crippen LogP contribution in [-0.2, 0) is 6.54 Å². The van der Waals surface area contributed by atoms with Crippen LogP contribution in [0.1, 0.15) is 17.7 Å². The fourth-order valence-electron chi connectivity index (χ4n) is 3.14. The van der Waals surface area contributed by atoms with Crippen LogP contribution in [0, 0.1) is 5.41 Å². The number of rotatable bonds is 3. The number of likely N-dealkylation sites (tertiary alicyclic amines) is 1. The van der Waals surface area contributed by atoms with Gasteiger partial charge in [-0.2, -0.15) is 0 Å². The van der Waals surface area contributed by atoms with Gasteiger partial charge in [0, 0.05) is 19.6 Å². The Morgan fingerprint density at radius 1 is 1.50 bits per heavy atom. The summed E-state index contributed by atoms with van der Waals surface area (Å²) in [6.07, 6.45) is 2.71. The zero-order chi connectivity index (χ0) is 11.7. The minimum absolute atomic E-state index is 0. The average molecular weight is 289 g/mol. The summed E-state index contributed by atoms with van der Waals surface area (Å²) in [5.41, 5.74) is 0.574. The fourth-order valence-corrected chi connectivity index (χ4v) is 4.02. The van der Waals surface area contributed by atoms with Crippen molar-refractivity contribution in [2.24, 2.45) is 5.41 Å². The van der Waals surface area contributed by atoms with Crippen LogP contribution in [0.4, 0.5) is 0 Å². The molecule has 1 spiro atoms. The van der Waals surface area contributed by atoms with Gasteiger partial charge in [0.25, 0.3) is 0 Å². The monoisotopic (exact) mass is 288 g/mol. The lowest BCUT2D eigenvalue weighted by atomic mass is 9.87. The van der Waals surface area contributed by atoms with Crippen LogP contribution in [0.15, 0.2) is 11.4 Å². The summed E-state index contributed by atoms with van der Waals surface area (Å²) in [6, 6.07) is 2.07. The van der Waals surface area contributed by atoms with Gasteiger partial charge in [0.15, 0.2) is 0 Å². The maximum atomic E-state index is 5.38. The molecule has 3 heterocycles. The number of nitrogens with zero attached hydrogens (tertiary/aromatic N) is 1. The highest BCUT2D eigenvalue weighted by molar-refractivity contribution is 7.10. The Morgan fingerprint density at radius 2 is 2.39 bits per heavy atom. The molecule has 0 aliphatic carbocycles. The Balaban J connectivity index is 0.00000120. The predicted octanol–water partition coefficient (Wildman–Crippen LogP) is 2.36. The highest BCUT2D eigenvalue weighted by Crippen LogP contribution is 2.37. The van der Waals surface area contributed by atoms with Gasteiger partial charge in [-0.1, -0.05) is 0 Å². The van der Waals surface area contributed by atoms with E-state index in [-0.39, 0.29) is 12.4 Å². The van der Waals surface area contributed by atoms with Crippen molar-refractivity contribution in [3.05, 3.63) is 16.3 Å². The molecule has 1 atom stereocenters. The third kappa shape index (κ3) is 2.67. The molecule has 0 amide bonds. The summed E-state index contributed by atoms with van der Waals surface area (Å²) in [5, 5.41) is 5.63. The van der Waals surface area contributed by atoms with Gasteiger partial charge in [-0.25, -0.2) is 0 Å². The van der Waals surface area contributed by atoms with E-state index in [2.05, 4.69) is 21.7 Å². The smallest absolute Gasteiger partial charge is 0.134 e. The maximum Gasteiger partial charge on any atom is 0.134 e. The molecule has 1 aromatic rings. The molecule has 0 saturated carbocycles. The molecule has 2 aliphatic rings. The Kier molecular flexibility index (Phi) is 4.54. The second-order valence-electron chi connectivity index (χ2n) is 5.30. The highest BCUT2D eigenvalue weighted by Gasteiger charge is 2.40. The molecule has 0 bridgehead atoms. The lowest BCUT2D eigenvalue weighted by Gasteiger charge is -2.22. The molecule has 2 saturated heterocycles. The second kappa shape index (κ2) is 5.78. The highest BCUT2D eigenvalue weighted by atomic mass is 35.5. The van der Waals surface area contributed by atoms with Crippen molar-refractivity contribution in [2.75, 3.05) is 33.3 Å². The number of halogens is 1. The standard InChI is InChI=1S/C13H20N2OS.ClH/c1-16-11-2-7-17-12(11)8-15-6-4-13(10-15)3-5-14-9-13;/h2,7,14H,3-6,8-10H2,1H3;1H. The number of methoxy groups -OCH3 is 1. The third-order valence-corrected chi connectivity index (χ3v) is 5.03. The van der Waals surface area contributed by atoms with E-state index in [0.717, 1.165) is 12.3 Å². The van der Waals surface area contributed by atoms with Crippen LogP contribution in [0.5, 0.6) is 5.75 Å². The first-order valence-electron chi connectivity index (χ1n) is 6.35. The number of nitrogens with one attached hydrogen (secondary N) is 1. The van der Waals surface area contributed by atoms with Gasteiger partial charge >= 0.3 is 0 Å². The average Bonchev–Trinajstić information content (AvgIpc) is 3.03. The molecule has 0 aromatic carbocycles. The zero-order valence-corrected chi connectivity index (χ0v) is 12.4. The molecule has 102 valence electrons. The third-order valence-electron chi connectivity index (χ3n) is 4.14. The topological polar surface area (TPSA) is 24.5 Å². The first-order valence-corrected chi connectivity index (χ1v) is 7.23. The molecule has 3 rings (SSSR count). The van der Waals surface area contributed by atoms with E-state index >= 15 is 0 Å². The number of hydrogen-bond acceptors (Lipinski definition) is 4. The fraction of sp³-hybridized carbons (Fsp3) is 0.692. The van der Waals surface area contributed by atoms with Gasteiger partial charge in [0.1, 0.15) is 5.75 Å². The first kappa shape index (κ1) is 14.1. The minimum Gasteiger partial charge on any atom is -0.496 e. The van der Waals surface area contributed by atoms with Gasteiger partial charge in [-0.3, -0.25) is 4.90 Å². The van der Waals surface area contributed by atoms with Crippen LogP contribution in [-0.4, -0.2) is 38.2 Å². The van der Waals surface area contributed by atoms with E-state index < -0.39 is 0 Å². The van der Waals surface area contributed by atoms with Gasteiger partial charge in [0.05, 0.1) is 12.0 Å². The molecule has 1 aromatic heterocycles. The van der Waals surface area contributed by atoms with E-state index in [1.807, 2.05) is 11.3 Å². The Labute approximate surface area is 119 Å². The van der Waals surface area contributed by atoms with Crippen LogP contribution in [0.2, 0.25) is 0 Å². The number of thiophene rings is 1. The molecule has 1 N–H and O–H groups in total. The van der Waals surface area contributed by atoms with E-state index in [9.17, 15) is 0 Å². The molecular formula is C13H21ClN2OS. The quantitative estimate of drug-likeness (QED) is 0.924. The molecule has 2 fully saturated rings. The van der Waals surface area contributed by atoms with Crippen LogP contribution in [0.3, 0.4) is 0 Å². The van der Waals surface area contributed by atoms with Gasteiger partial charge < -0.3 is 10.1 Å². The first-order chi connectivity index (χ1) is 8.31. The van der Waals surface area contributed by atoms with Gasteiger partial charge in [-0.15, -0.1) is 23.7 Å². The molecule has 1 unspecified atom stereocenters. The molecule has 2 aliphatic heterocycles. The number of hydrogen-bond donors (Lipinski definition) is 1. The summed E-state index contributed by atoms with van der Waals surface area (Å²) in [7, 11) is 1.76. The molecule has 0 radical (unpaired) electrons. The van der Waals surface area contributed by atoms with Crippen molar-refractivity contribution < 1.29 is 4.74 Å². The summed E-state index contributed by atoms with van der Waals surface area (Å²) in [4.78, 5) is 3.96. The molecule has 5 heteroatoms. The maximum absolute atomic E-state index is 5.38. The van der Waals surface area contributed by atoms with Gasteiger partial charge in [-0.05, 0) is 42.8 Å². The summed E-state index contributed by atoms with van der Waals surface area (Å²) in [5.74, 6) is 1.06. The van der Waals surface area contributed by atoms with Crippen LogP contribution < -0.4 is 10.1 Å². The predicted molar refractivity (Wildman–Crippen MR) is 77.9 cm³/mol. The zero-order valence-electron chi connectivity index (χ0n) is 10.8. The van der Waals surface area contributed by atoms with Crippen LogP contribution in [0.25, 0.3) is 0 Å². The van der Waals surface area contributed by atoms with Crippen molar-refractivity contribution in [2.45, 2.75) is 19.4 Å². The van der Waals surface area contributed by atoms with Crippen molar-refractivity contribution >= 4 is 23.7 Å². The van der Waals surface area contributed by atoms with Crippen molar-refractivity contribution in [1.29, 1.82) is 0 Å². The second-order valence-corrected chi connectivity index (χ2v) is 6.30. The molecule has 3 nitrogen and oxygen atoms in total. The van der Waals surface area contributed by atoms with E-state index in [1.165, 1.54) is 43.9 Å². The summed E-state index contributed by atoms with van der Waals surface area (Å²) < 4.78 is 5.38. The SMILES string of the molecule is COc1ccsc1CN1CCC2(CCNC2)C1.Cl. The van der Waals surface area contributed by atoms with E-state index in [1.54, 1.807) is 7.11 Å². The molecular weight excluding hydrogens is 268 g/mol. The van der Waals surface area contributed by atoms with E-state index in [0.29, 0.717) is 5.41 Å². The summed E-state index contributed by atoms with van der Waals surface area (Å²) >= 11 is 1.81. The lowest BCUT2D eigenvalue weighted by molar-refractivity contribution is 0.267. The minimum atomic E-state index is 0. The lowest BCUT2D eigenvalue weighted by Crippen LogP contribution is -2.28. The summed E-state index contributed by atoms with van der Waals surface area (Å²) in [6.45, 7) is 5.97. The van der Waals surface area contributed by atoms with Crippen molar-refractivity contribution in [1.82, 2.24) is 10.2 Å². The normalized spacial score (nSPS) is 27.6. The van der Waals surface area contributed by atoms with Crippen molar-refractivity contribution in [3.63, 3.8) is 0 Å². The Hall–Kier alpha value is -0.290.